The first kappa shape index (κ1) is 11.2. The molecule has 0 radical (unpaired) electrons. The molecule has 4 heteroatoms. The standard InChI is InChI=1S/C5H10O.C3H6O3/c1-5-3-2-4-6-5;1-2-6-3(4)5/h5H,2-4H2,1H3;2H2,1H3,(H,4,5). The first-order valence-electron chi connectivity index (χ1n) is 4.14. The van der Waals surface area contributed by atoms with Crippen LogP contribution in [0.25, 0.3) is 0 Å². The molecule has 0 spiro atoms. The molecule has 1 unspecified atom stereocenters. The Balaban J connectivity index is 0.000000202. The van der Waals surface area contributed by atoms with Gasteiger partial charge in [-0.2, -0.15) is 0 Å². The highest BCUT2D eigenvalue weighted by Crippen LogP contribution is 2.09. The highest BCUT2D eigenvalue weighted by atomic mass is 16.7. The van der Waals surface area contributed by atoms with Gasteiger partial charge in [0.2, 0.25) is 0 Å². The number of ether oxygens (including phenoxy) is 2. The van der Waals surface area contributed by atoms with Crippen LogP contribution in [-0.2, 0) is 9.47 Å². The summed E-state index contributed by atoms with van der Waals surface area (Å²) in [7, 11) is 0. The number of carboxylic acid groups (broad SMARTS) is 1. The molecule has 0 amide bonds. The summed E-state index contributed by atoms with van der Waals surface area (Å²) in [6.07, 6.45) is 1.86. The van der Waals surface area contributed by atoms with E-state index >= 15 is 0 Å². The van der Waals surface area contributed by atoms with Gasteiger partial charge in [0.25, 0.3) is 0 Å². The molecule has 4 nitrogen and oxygen atoms in total. The van der Waals surface area contributed by atoms with Gasteiger partial charge in [-0.05, 0) is 26.7 Å². The Hall–Kier alpha value is -0.770. The maximum atomic E-state index is 9.38. The SMILES string of the molecule is CC1CCCO1.CCOC(=O)O. The van der Waals surface area contributed by atoms with E-state index in [-0.39, 0.29) is 6.61 Å². The third-order valence-corrected chi connectivity index (χ3v) is 1.43. The van der Waals surface area contributed by atoms with E-state index in [2.05, 4.69) is 11.7 Å². The minimum Gasteiger partial charge on any atom is -0.450 e. The van der Waals surface area contributed by atoms with Crippen LogP contribution in [0, 0.1) is 0 Å². The van der Waals surface area contributed by atoms with Gasteiger partial charge in [0, 0.05) is 6.61 Å². The number of hydrogen-bond donors (Lipinski definition) is 1. The summed E-state index contributed by atoms with van der Waals surface area (Å²) in [5, 5.41) is 7.69. The fraction of sp³-hybridized carbons (Fsp3) is 0.875. The molecule has 1 fully saturated rings. The monoisotopic (exact) mass is 176 g/mol. The average molecular weight is 176 g/mol. The van der Waals surface area contributed by atoms with Crippen LogP contribution in [0.3, 0.4) is 0 Å². The summed E-state index contributed by atoms with van der Waals surface area (Å²) < 4.78 is 9.11. The lowest BCUT2D eigenvalue weighted by Gasteiger charge is -1.94. The Morgan fingerprint density at radius 1 is 1.75 bits per heavy atom. The van der Waals surface area contributed by atoms with Crippen LogP contribution in [0.15, 0.2) is 0 Å². The summed E-state index contributed by atoms with van der Waals surface area (Å²) in [4.78, 5) is 9.38. The van der Waals surface area contributed by atoms with E-state index in [1.165, 1.54) is 12.8 Å². The molecule has 0 aliphatic carbocycles. The molecule has 1 aliphatic heterocycles. The molecule has 1 N–H and O–H groups in total. The lowest BCUT2D eigenvalue weighted by molar-refractivity contribution is 0.0966. The fourth-order valence-corrected chi connectivity index (χ4v) is 0.862. The topological polar surface area (TPSA) is 55.8 Å². The molecule has 0 saturated carbocycles. The van der Waals surface area contributed by atoms with E-state index in [0.29, 0.717) is 6.10 Å². The van der Waals surface area contributed by atoms with Crippen molar-refractivity contribution in [2.45, 2.75) is 32.8 Å². The maximum Gasteiger partial charge on any atom is 0.505 e. The maximum absolute atomic E-state index is 9.38. The van der Waals surface area contributed by atoms with E-state index in [1.807, 2.05) is 0 Å². The quantitative estimate of drug-likeness (QED) is 0.620. The smallest absolute Gasteiger partial charge is 0.450 e. The molecule has 1 saturated heterocycles. The van der Waals surface area contributed by atoms with Gasteiger partial charge in [0.15, 0.2) is 0 Å². The van der Waals surface area contributed by atoms with E-state index < -0.39 is 6.16 Å². The van der Waals surface area contributed by atoms with Gasteiger partial charge in [-0.15, -0.1) is 0 Å². The van der Waals surface area contributed by atoms with Crippen LogP contribution in [0.5, 0.6) is 0 Å². The Kier molecular flexibility index (Phi) is 6.47. The number of hydrogen-bond acceptors (Lipinski definition) is 3. The van der Waals surface area contributed by atoms with Crippen molar-refractivity contribution in [2.75, 3.05) is 13.2 Å². The third kappa shape index (κ3) is 7.34. The molecular formula is C8H16O4. The second-order valence-electron chi connectivity index (χ2n) is 2.52. The van der Waals surface area contributed by atoms with Crippen molar-refractivity contribution in [3.05, 3.63) is 0 Å². The van der Waals surface area contributed by atoms with Crippen molar-refractivity contribution in [1.29, 1.82) is 0 Å². The molecule has 0 aromatic heterocycles. The third-order valence-electron chi connectivity index (χ3n) is 1.43. The Morgan fingerprint density at radius 2 is 2.42 bits per heavy atom. The molecule has 0 bridgehead atoms. The highest BCUT2D eigenvalue weighted by molar-refractivity contribution is 5.56. The van der Waals surface area contributed by atoms with Crippen LogP contribution in [0.4, 0.5) is 4.79 Å². The van der Waals surface area contributed by atoms with Gasteiger partial charge < -0.3 is 14.6 Å². The molecule has 1 aliphatic rings. The number of carbonyl (C=O) groups is 1. The van der Waals surface area contributed by atoms with Gasteiger partial charge in [-0.25, -0.2) is 4.79 Å². The van der Waals surface area contributed by atoms with E-state index in [1.54, 1.807) is 6.92 Å². The van der Waals surface area contributed by atoms with Crippen LogP contribution >= 0.6 is 0 Å². The second-order valence-corrected chi connectivity index (χ2v) is 2.52. The van der Waals surface area contributed by atoms with Crippen molar-refractivity contribution < 1.29 is 19.4 Å². The second kappa shape index (κ2) is 6.91. The molecule has 0 aromatic rings. The Labute approximate surface area is 72.5 Å². The molecule has 1 atom stereocenters. The highest BCUT2D eigenvalue weighted by Gasteiger charge is 2.07. The average Bonchev–Trinajstić information content (AvgIpc) is 2.40. The fourth-order valence-electron chi connectivity index (χ4n) is 0.862. The zero-order valence-electron chi connectivity index (χ0n) is 7.58. The van der Waals surface area contributed by atoms with Crippen molar-refractivity contribution >= 4 is 6.16 Å². The predicted octanol–water partition coefficient (Wildman–Crippen LogP) is 1.89. The van der Waals surface area contributed by atoms with Gasteiger partial charge in [0.1, 0.15) is 0 Å². The van der Waals surface area contributed by atoms with Crippen molar-refractivity contribution in [3.63, 3.8) is 0 Å². The molecule has 1 rings (SSSR count). The van der Waals surface area contributed by atoms with Gasteiger partial charge >= 0.3 is 6.16 Å². The normalized spacial score (nSPS) is 21.0. The van der Waals surface area contributed by atoms with Crippen molar-refractivity contribution in [2.24, 2.45) is 0 Å². The largest absolute Gasteiger partial charge is 0.505 e. The lowest BCUT2D eigenvalue weighted by Crippen LogP contribution is -1.97. The molecule has 12 heavy (non-hydrogen) atoms. The van der Waals surface area contributed by atoms with Gasteiger partial charge in [-0.3, -0.25) is 0 Å². The van der Waals surface area contributed by atoms with Gasteiger partial charge in [-0.1, -0.05) is 0 Å². The minimum absolute atomic E-state index is 0.231. The Bertz CT molecular complexity index is 118. The lowest BCUT2D eigenvalue weighted by atomic mass is 10.3. The Morgan fingerprint density at radius 3 is 2.50 bits per heavy atom. The molecule has 0 aromatic carbocycles. The molecule has 72 valence electrons. The summed E-state index contributed by atoms with van der Waals surface area (Å²) in [5.41, 5.74) is 0. The summed E-state index contributed by atoms with van der Waals surface area (Å²) in [5.74, 6) is 0. The predicted molar refractivity (Wildman–Crippen MR) is 44.3 cm³/mol. The van der Waals surface area contributed by atoms with Crippen LogP contribution in [0.2, 0.25) is 0 Å². The first-order valence-corrected chi connectivity index (χ1v) is 4.14. The number of rotatable bonds is 1. The molecule has 1 heterocycles. The van der Waals surface area contributed by atoms with E-state index in [0.717, 1.165) is 6.61 Å². The van der Waals surface area contributed by atoms with E-state index in [4.69, 9.17) is 9.84 Å². The summed E-state index contributed by atoms with van der Waals surface area (Å²) in [6, 6.07) is 0. The first-order chi connectivity index (χ1) is 5.66. The van der Waals surface area contributed by atoms with E-state index in [9.17, 15) is 4.79 Å². The van der Waals surface area contributed by atoms with Crippen LogP contribution in [0.1, 0.15) is 26.7 Å². The van der Waals surface area contributed by atoms with Crippen LogP contribution in [-0.4, -0.2) is 30.6 Å². The van der Waals surface area contributed by atoms with Crippen molar-refractivity contribution in [3.8, 4) is 0 Å². The van der Waals surface area contributed by atoms with Crippen LogP contribution < -0.4 is 0 Å². The van der Waals surface area contributed by atoms with Crippen molar-refractivity contribution in [1.82, 2.24) is 0 Å². The zero-order valence-corrected chi connectivity index (χ0v) is 7.58. The summed E-state index contributed by atoms with van der Waals surface area (Å²) >= 11 is 0. The summed E-state index contributed by atoms with van der Waals surface area (Å²) in [6.45, 7) is 4.96. The zero-order chi connectivity index (χ0) is 9.40. The molecular weight excluding hydrogens is 160 g/mol. The minimum atomic E-state index is -1.21. The van der Waals surface area contributed by atoms with Gasteiger partial charge in [0.05, 0.1) is 12.7 Å².